The van der Waals surface area contributed by atoms with Crippen molar-refractivity contribution in [1.29, 1.82) is 5.26 Å². The predicted octanol–water partition coefficient (Wildman–Crippen LogP) is 5.71. The minimum atomic E-state index is -1.38. The van der Waals surface area contributed by atoms with Crippen LogP contribution in [0.25, 0.3) is 0 Å². The molecule has 0 heterocycles. The molecule has 0 aromatic heterocycles. The van der Waals surface area contributed by atoms with Crippen molar-refractivity contribution in [2.45, 2.75) is 45.6 Å². The van der Waals surface area contributed by atoms with Crippen molar-refractivity contribution < 1.29 is 24.2 Å². The highest BCUT2D eigenvalue weighted by Gasteiger charge is 2.78. The van der Waals surface area contributed by atoms with Crippen molar-refractivity contribution >= 4 is 11.9 Å². The maximum Gasteiger partial charge on any atom is 0.330 e. The van der Waals surface area contributed by atoms with Gasteiger partial charge in [-0.2, -0.15) is 5.26 Å². The van der Waals surface area contributed by atoms with E-state index >= 15 is 0 Å². The zero-order chi connectivity index (χ0) is 24.5. The van der Waals surface area contributed by atoms with Crippen molar-refractivity contribution in [3.63, 3.8) is 0 Å². The summed E-state index contributed by atoms with van der Waals surface area (Å²) in [5.74, 6) is -1.40. The van der Waals surface area contributed by atoms with Gasteiger partial charge >= 0.3 is 11.9 Å². The molecule has 0 amide bonds. The molecule has 2 aromatic rings. The monoisotopic (exact) mass is 459 g/mol. The highest BCUT2D eigenvalue weighted by atomic mass is 16.5. The largest absolute Gasteiger partial charge is 0.481 e. The third kappa shape index (κ3) is 4.19. The molecule has 176 valence electrons. The van der Waals surface area contributed by atoms with Crippen LogP contribution in [0.4, 0.5) is 0 Å². The molecule has 0 radical (unpaired) electrons. The van der Waals surface area contributed by atoms with Crippen molar-refractivity contribution in [3.05, 3.63) is 72.3 Å². The molecule has 4 rings (SSSR count). The Bertz CT molecular complexity index is 1140. The number of nitrogens with zero attached hydrogens (tertiary/aromatic N) is 1. The zero-order valence-corrected chi connectivity index (χ0v) is 19.6. The minimum Gasteiger partial charge on any atom is -0.481 e. The van der Waals surface area contributed by atoms with Gasteiger partial charge in [-0.25, -0.2) is 4.79 Å². The van der Waals surface area contributed by atoms with Crippen LogP contribution in [0.5, 0.6) is 11.5 Å². The number of esters is 1. The normalized spacial score (nSPS) is 24.6. The molecule has 1 N–H and O–H groups in total. The van der Waals surface area contributed by atoms with Crippen molar-refractivity contribution in [2.75, 3.05) is 0 Å². The second-order valence-corrected chi connectivity index (χ2v) is 9.76. The quantitative estimate of drug-likeness (QED) is 0.381. The van der Waals surface area contributed by atoms with E-state index in [0.717, 1.165) is 12.8 Å². The van der Waals surface area contributed by atoms with E-state index in [-0.39, 0.29) is 6.10 Å². The smallest absolute Gasteiger partial charge is 0.330 e. The van der Waals surface area contributed by atoms with Gasteiger partial charge in [0.2, 0.25) is 0 Å². The molecule has 0 saturated heterocycles. The Morgan fingerprint density at radius 1 is 1.12 bits per heavy atom. The topological polar surface area (TPSA) is 96.6 Å². The summed E-state index contributed by atoms with van der Waals surface area (Å²) in [6, 6.07) is 18.5. The molecule has 0 unspecified atom stereocenters. The number of carboxylic acid groups (broad SMARTS) is 1. The van der Waals surface area contributed by atoms with E-state index in [1.807, 2.05) is 51.1 Å². The first-order valence-corrected chi connectivity index (χ1v) is 11.6. The molecule has 4 atom stereocenters. The van der Waals surface area contributed by atoms with Gasteiger partial charge in [-0.1, -0.05) is 50.3 Å². The molecule has 0 aliphatic heterocycles. The molecule has 0 spiro atoms. The van der Waals surface area contributed by atoms with Gasteiger partial charge < -0.3 is 14.6 Å². The van der Waals surface area contributed by atoms with Crippen LogP contribution in [0.3, 0.4) is 0 Å². The maximum atomic E-state index is 12.6. The molecule has 34 heavy (non-hydrogen) atoms. The predicted molar refractivity (Wildman–Crippen MR) is 126 cm³/mol. The lowest BCUT2D eigenvalue weighted by molar-refractivity contribution is -0.146. The van der Waals surface area contributed by atoms with Crippen LogP contribution in [-0.2, 0) is 14.3 Å². The fourth-order valence-electron chi connectivity index (χ4n) is 5.19. The number of aliphatic carboxylic acids is 1. The zero-order valence-electron chi connectivity index (χ0n) is 19.6. The minimum absolute atomic E-state index is 0.146. The third-order valence-corrected chi connectivity index (χ3v) is 7.37. The average molecular weight is 460 g/mol. The lowest BCUT2D eigenvalue weighted by Gasteiger charge is -2.22. The van der Waals surface area contributed by atoms with Crippen molar-refractivity contribution in [2.24, 2.45) is 22.7 Å². The van der Waals surface area contributed by atoms with E-state index in [4.69, 9.17) is 9.47 Å². The molecule has 2 aliphatic carbocycles. The van der Waals surface area contributed by atoms with Gasteiger partial charge in [0.15, 0.2) is 0 Å². The third-order valence-electron chi connectivity index (χ3n) is 7.37. The Morgan fingerprint density at radius 3 is 2.41 bits per heavy atom. The number of hydrogen-bond acceptors (Lipinski definition) is 5. The van der Waals surface area contributed by atoms with Crippen LogP contribution in [0.1, 0.15) is 45.1 Å². The van der Waals surface area contributed by atoms with Crippen molar-refractivity contribution in [1.82, 2.24) is 0 Å². The number of ether oxygens (including phenoxy) is 2. The number of nitriles is 1. The lowest BCUT2D eigenvalue weighted by atomic mass is 9.78. The van der Waals surface area contributed by atoms with Crippen LogP contribution in [-0.4, -0.2) is 23.1 Å². The first-order valence-electron chi connectivity index (χ1n) is 11.6. The van der Waals surface area contributed by atoms with Gasteiger partial charge in [0.1, 0.15) is 23.0 Å². The number of carbonyl (C=O) groups is 2. The van der Waals surface area contributed by atoms with Crippen LogP contribution in [0, 0.1) is 34.0 Å². The summed E-state index contributed by atoms with van der Waals surface area (Å²) in [4.78, 5) is 24.9. The van der Waals surface area contributed by atoms with E-state index in [0.29, 0.717) is 23.0 Å². The standard InChI is InChI=1S/C28H29NO5/c1-18(19-12-13-19)33-25(30)15-14-24-27(2,3)28(24,26(31)32)23(17-29)20-8-7-11-22(16-20)34-21-9-5-4-6-10-21/h4-11,14-16,18-19,23-24H,12-13H2,1-3H3,(H,31,32)/t18-,23+,24+,28-/m1/s1. The van der Waals surface area contributed by atoms with E-state index in [1.54, 1.807) is 30.3 Å². The Hall–Kier alpha value is -3.59. The number of carbonyl (C=O) groups excluding carboxylic acids is 1. The number of allylic oxidation sites excluding steroid dienone is 1. The van der Waals surface area contributed by atoms with Gasteiger partial charge in [0.05, 0.1) is 12.0 Å². The molecular weight excluding hydrogens is 430 g/mol. The number of hydrogen-bond donors (Lipinski definition) is 1. The first kappa shape index (κ1) is 23.6. The number of benzene rings is 2. The Kier molecular flexibility index (Phi) is 6.22. The van der Waals surface area contributed by atoms with Crippen LogP contribution in [0.2, 0.25) is 0 Å². The summed E-state index contributed by atoms with van der Waals surface area (Å²) in [7, 11) is 0. The van der Waals surface area contributed by atoms with Crippen LogP contribution >= 0.6 is 0 Å². The number of para-hydroxylation sites is 1. The van der Waals surface area contributed by atoms with Crippen LogP contribution < -0.4 is 4.74 Å². The molecule has 2 fully saturated rings. The Morgan fingerprint density at radius 2 is 1.79 bits per heavy atom. The number of carboxylic acids is 1. The first-order chi connectivity index (χ1) is 16.2. The fraction of sp³-hybridized carbons (Fsp3) is 0.393. The summed E-state index contributed by atoms with van der Waals surface area (Å²) in [6.07, 6.45) is 4.90. The van der Waals surface area contributed by atoms with Crippen molar-refractivity contribution in [3.8, 4) is 17.6 Å². The Labute approximate surface area is 199 Å². The van der Waals surface area contributed by atoms with Crippen LogP contribution in [0.15, 0.2) is 66.7 Å². The summed E-state index contributed by atoms with van der Waals surface area (Å²) >= 11 is 0. The molecule has 6 nitrogen and oxygen atoms in total. The highest BCUT2D eigenvalue weighted by molar-refractivity contribution is 5.86. The second-order valence-electron chi connectivity index (χ2n) is 9.76. The van der Waals surface area contributed by atoms with E-state index in [9.17, 15) is 20.0 Å². The van der Waals surface area contributed by atoms with Gasteiger partial charge in [0, 0.05) is 12.0 Å². The van der Waals surface area contributed by atoms with E-state index in [1.165, 1.54) is 6.08 Å². The van der Waals surface area contributed by atoms with Gasteiger partial charge in [-0.05, 0) is 60.9 Å². The molecule has 2 saturated carbocycles. The van der Waals surface area contributed by atoms with E-state index < -0.39 is 34.6 Å². The average Bonchev–Trinajstić information content (AvgIpc) is 3.71. The number of rotatable bonds is 9. The molecule has 0 bridgehead atoms. The SMILES string of the molecule is C[C@@H](OC(=O)C=C[C@H]1C(C)(C)[C@]1(C(=O)O)[C@@H](C#N)c1cccc(Oc2ccccc2)c1)C1CC1. The second kappa shape index (κ2) is 8.98. The van der Waals surface area contributed by atoms with Gasteiger partial charge in [-0.3, -0.25) is 4.79 Å². The summed E-state index contributed by atoms with van der Waals surface area (Å²) in [5.41, 5.74) is -1.56. The molecular formula is C28H29NO5. The summed E-state index contributed by atoms with van der Waals surface area (Å²) in [6.45, 7) is 5.52. The fourth-order valence-corrected chi connectivity index (χ4v) is 5.19. The molecule has 2 aliphatic rings. The maximum absolute atomic E-state index is 12.6. The van der Waals surface area contributed by atoms with Gasteiger partial charge in [-0.15, -0.1) is 0 Å². The summed E-state index contributed by atoms with van der Waals surface area (Å²) < 4.78 is 11.3. The lowest BCUT2D eigenvalue weighted by Crippen LogP contribution is -2.28. The molecule has 6 heteroatoms. The highest BCUT2D eigenvalue weighted by Crippen LogP contribution is 2.75. The molecule has 2 aromatic carbocycles. The summed E-state index contributed by atoms with van der Waals surface area (Å²) in [5, 5.41) is 20.5. The van der Waals surface area contributed by atoms with E-state index in [2.05, 4.69) is 6.07 Å². The van der Waals surface area contributed by atoms with Gasteiger partial charge in [0.25, 0.3) is 0 Å². The Balaban J connectivity index is 1.59.